The molecule has 1 aromatic carbocycles. The van der Waals surface area contributed by atoms with Crippen molar-refractivity contribution in [2.24, 2.45) is 11.8 Å². The molecule has 2 aliphatic carbocycles. The SMILES string of the molecule is COc1cc(F)cc(-c2cc(C)n3cnc(C(=O)NC4CC5CC[C@@H](C4)C5OC)c3n2)c1. The Morgan fingerprint density at radius 2 is 1.91 bits per heavy atom. The predicted molar refractivity (Wildman–Crippen MR) is 117 cm³/mol. The molecule has 0 aliphatic heterocycles. The van der Waals surface area contributed by atoms with Gasteiger partial charge < -0.3 is 14.8 Å². The first-order chi connectivity index (χ1) is 15.5. The Bertz CT molecular complexity index is 1160. The summed E-state index contributed by atoms with van der Waals surface area (Å²) in [6.45, 7) is 1.90. The fraction of sp³-hybridized carbons (Fsp3) is 0.458. The van der Waals surface area contributed by atoms with Crippen LogP contribution in [0.3, 0.4) is 0 Å². The Morgan fingerprint density at radius 1 is 1.16 bits per heavy atom. The summed E-state index contributed by atoms with van der Waals surface area (Å²) in [5.74, 6) is 0.766. The molecule has 0 radical (unpaired) electrons. The van der Waals surface area contributed by atoms with Crippen LogP contribution in [0.4, 0.5) is 4.39 Å². The number of amides is 1. The molecule has 168 valence electrons. The number of hydrogen-bond donors (Lipinski definition) is 1. The van der Waals surface area contributed by atoms with Crippen molar-refractivity contribution in [1.82, 2.24) is 19.7 Å². The van der Waals surface area contributed by atoms with Gasteiger partial charge >= 0.3 is 0 Å². The van der Waals surface area contributed by atoms with Crippen LogP contribution in [0.15, 0.2) is 30.6 Å². The molecule has 2 heterocycles. The number of nitrogens with zero attached hydrogens (tertiary/aromatic N) is 3. The van der Waals surface area contributed by atoms with E-state index in [0.29, 0.717) is 40.6 Å². The number of rotatable bonds is 5. The van der Waals surface area contributed by atoms with E-state index in [9.17, 15) is 9.18 Å². The Morgan fingerprint density at radius 3 is 2.59 bits per heavy atom. The van der Waals surface area contributed by atoms with Crippen molar-refractivity contribution < 1.29 is 18.7 Å². The number of fused-ring (bicyclic) bond motifs is 3. The molecule has 8 heteroatoms. The van der Waals surface area contributed by atoms with Crippen LogP contribution in [0.25, 0.3) is 16.9 Å². The molecule has 2 aliphatic rings. The van der Waals surface area contributed by atoms with Gasteiger partial charge in [-0.3, -0.25) is 9.20 Å². The van der Waals surface area contributed by atoms with Crippen LogP contribution in [0.2, 0.25) is 0 Å². The van der Waals surface area contributed by atoms with E-state index in [1.54, 1.807) is 23.9 Å². The van der Waals surface area contributed by atoms with Crippen molar-refractivity contribution in [3.05, 3.63) is 47.8 Å². The van der Waals surface area contributed by atoms with Crippen molar-refractivity contribution in [3.63, 3.8) is 0 Å². The maximum atomic E-state index is 14.0. The van der Waals surface area contributed by atoms with Crippen LogP contribution in [-0.4, -0.2) is 46.6 Å². The lowest BCUT2D eigenvalue weighted by Crippen LogP contribution is -2.44. The van der Waals surface area contributed by atoms with Crippen LogP contribution in [0, 0.1) is 24.6 Å². The molecule has 5 rings (SSSR count). The fourth-order valence-electron chi connectivity index (χ4n) is 5.49. The highest BCUT2D eigenvalue weighted by Gasteiger charge is 2.43. The summed E-state index contributed by atoms with van der Waals surface area (Å²) in [6.07, 6.45) is 6.08. The smallest absolute Gasteiger partial charge is 0.274 e. The second-order valence-corrected chi connectivity index (χ2v) is 8.89. The third-order valence-corrected chi connectivity index (χ3v) is 6.93. The number of carbonyl (C=O) groups is 1. The van der Waals surface area contributed by atoms with Crippen LogP contribution in [0.1, 0.15) is 41.9 Å². The summed E-state index contributed by atoms with van der Waals surface area (Å²) >= 11 is 0. The lowest BCUT2D eigenvalue weighted by atomic mass is 9.82. The lowest BCUT2D eigenvalue weighted by Gasteiger charge is -2.34. The first kappa shape index (κ1) is 20.9. The lowest BCUT2D eigenvalue weighted by molar-refractivity contribution is 0.00603. The minimum Gasteiger partial charge on any atom is -0.497 e. The molecular weight excluding hydrogens is 411 g/mol. The number of ether oxygens (including phenoxy) is 2. The first-order valence-corrected chi connectivity index (χ1v) is 11.0. The van der Waals surface area contributed by atoms with Crippen LogP contribution in [0.5, 0.6) is 5.75 Å². The number of halogens is 1. The third kappa shape index (κ3) is 3.62. The average Bonchev–Trinajstić information content (AvgIpc) is 3.31. The van der Waals surface area contributed by atoms with Crippen molar-refractivity contribution in [2.45, 2.75) is 44.8 Å². The number of aryl methyl sites for hydroxylation is 1. The summed E-state index contributed by atoms with van der Waals surface area (Å²) in [5, 5.41) is 3.17. The molecular formula is C24H27FN4O3. The van der Waals surface area contributed by atoms with E-state index < -0.39 is 5.82 Å². The average molecular weight is 439 g/mol. The van der Waals surface area contributed by atoms with Gasteiger partial charge in [0.1, 0.15) is 17.9 Å². The molecule has 0 spiro atoms. The number of aromatic nitrogens is 3. The van der Waals surface area contributed by atoms with E-state index in [2.05, 4.69) is 15.3 Å². The number of methoxy groups -OCH3 is 2. The maximum absolute atomic E-state index is 14.0. The zero-order valence-electron chi connectivity index (χ0n) is 18.5. The highest BCUT2D eigenvalue weighted by molar-refractivity contribution is 5.98. The molecule has 1 amide bonds. The van der Waals surface area contributed by atoms with E-state index in [1.165, 1.54) is 19.2 Å². The zero-order valence-corrected chi connectivity index (χ0v) is 18.5. The molecule has 2 aromatic heterocycles. The first-order valence-electron chi connectivity index (χ1n) is 11.0. The van der Waals surface area contributed by atoms with Crippen molar-refractivity contribution >= 4 is 11.6 Å². The molecule has 1 N–H and O–H groups in total. The van der Waals surface area contributed by atoms with Gasteiger partial charge in [-0.25, -0.2) is 14.4 Å². The molecule has 3 unspecified atom stereocenters. The van der Waals surface area contributed by atoms with Gasteiger partial charge in [-0.05, 0) is 62.6 Å². The Labute approximate surface area is 186 Å². The summed E-state index contributed by atoms with van der Waals surface area (Å²) in [7, 11) is 3.28. The van der Waals surface area contributed by atoms with E-state index in [-0.39, 0.29) is 17.6 Å². The highest BCUT2D eigenvalue weighted by Crippen LogP contribution is 2.43. The number of nitrogens with one attached hydrogen (secondary N) is 1. The van der Waals surface area contributed by atoms with Crippen LogP contribution >= 0.6 is 0 Å². The Kier molecular flexibility index (Phi) is 5.33. The third-order valence-electron chi connectivity index (χ3n) is 6.93. The van der Waals surface area contributed by atoms with Crippen molar-refractivity contribution in [2.75, 3.05) is 14.2 Å². The van der Waals surface area contributed by atoms with Gasteiger partial charge in [0.2, 0.25) is 0 Å². The van der Waals surface area contributed by atoms with Gasteiger partial charge in [0.15, 0.2) is 11.3 Å². The van der Waals surface area contributed by atoms with E-state index in [1.807, 2.05) is 13.0 Å². The summed E-state index contributed by atoms with van der Waals surface area (Å²) < 4.78 is 26.7. The van der Waals surface area contributed by atoms with E-state index >= 15 is 0 Å². The normalized spacial score (nSPS) is 24.6. The second-order valence-electron chi connectivity index (χ2n) is 8.89. The van der Waals surface area contributed by atoms with Crippen molar-refractivity contribution in [3.8, 4) is 17.0 Å². The minimum absolute atomic E-state index is 0.111. The topological polar surface area (TPSA) is 77.8 Å². The van der Waals surface area contributed by atoms with E-state index in [4.69, 9.17) is 9.47 Å². The van der Waals surface area contributed by atoms with Crippen LogP contribution < -0.4 is 10.1 Å². The molecule has 32 heavy (non-hydrogen) atoms. The molecule has 0 saturated heterocycles. The van der Waals surface area contributed by atoms with Gasteiger partial charge in [0.05, 0.1) is 18.9 Å². The predicted octanol–water partition coefficient (Wildman–Crippen LogP) is 3.79. The standard InChI is InChI=1S/C24H27FN4O3/c1-13-6-20(16-7-17(25)11-19(10-16)31-2)28-23-21(26-12-29(13)23)24(30)27-18-8-14-4-5-15(9-18)22(14)32-3/h6-7,10-12,14-15,18,22H,4-5,8-9H2,1-3H3,(H,27,30)/t14-,15?,18?,22?/m0/s1. The quantitative estimate of drug-likeness (QED) is 0.656. The largest absolute Gasteiger partial charge is 0.497 e. The van der Waals surface area contributed by atoms with Gasteiger partial charge in [0.25, 0.3) is 5.91 Å². The van der Waals surface area contributed by atoms with Crippen molar-refractivity contribution in [1.29, 1.82) is 0 Å². The molecule has 7 nitrogen and oxygen atoms in total. The molecule has 3 aromatic rings. The summed E-state index contributed by atoms with van der Waals surface area (Å²) in [6, 6.07) is 6.40. The fourth-order valence-corrected chi connectivity index (χ4v) is 5.49. The molecule has 4 atom stereocenters. The molecule has 2 saturated carbocycles. The number of imidazole rings is 1. The molecule has 2 fully saturated rings. The summed E-state index contributed by atoms with van der Waals surface area (Å²) in [5.41, 5.74) is 2.71. The summed E-state index contributed by atoms with van der Waals surface area (Å²) in [4.78, 5) is 22.2. The molecule has 2 bridgehead atoms. The highest BCUT2D eigenvalue weighted by atomic mass is 19.1. The number of benzene rings is 1. The number of hydrogen-bond acceptors (Lipinski definition) is 5. The minimum atomic E-state index is -0.411. The second kappa shape index (κ2) is 8.16. The van der Waals surface area contributed by atoms with Gasteiger partial charge in [-0.1, -0.05) is 0 Å². The Hall–Kier alpha value is -3.00. The monoisotopic (exact) mass is 438 g/mol. The van der Waals surface area contributed by atoms with Crippen LogP contribution in [-0.2, 0) is 4.74 Å². The van der Waals surface area contributed by atoms with Gasteiger partial charge in [-0.2, -0.15) is 0 Å². The zero-order chi connectivity index (χ0) is 22.4. The van der Waals surface area contributed by atoms with Gasteiger partial charge in [0, 0.05) is 30.5 Å². The number of carbonyl (C=O) groups excluding carboxylic acids is 1. The maximum Gasteiger partial charge on any atom is 0.274 e. The van der Waals surface area contributed by atoms with Gasteiger partial charge in [-0.15, -0.1) is 0 Å². The Balaban J connectivity index is 1.44. The van der Waals surface area contributed by atoms with E-state index in [0.717, 1.165) is 31.4 Å².